The molecule has 1 fully saturated rings. The third-order valence-electron chi connectivity index (χ3n) is 3.05. The van der Waals surface area contributed by atoms with Gasteiger partial charge in [0, 0.05) is 29.8 Å². The van der Waals surface area contributed by atoms with E-state index in [0.29, 0.717) is 29.6 Å². The number of amides is 3. The molecule has 1 aromatic heterocycles. The predicted octanol–water partition coefficient (Wildman–Crippen LogP) is 1.51. The zero-order valence-electron chi connectivity index (χ0n) is 11.0. The summed E-state index contributed by atoms with van der Waals surface area (Å²) in [5, 5.41) is 7.43. The highest BCUT2D eigenvalue weighted by Crippen LogP contribution is 2.20. The molecule has 2 aromatic rings. The molecule has 0 atom stereocenters. The van der Waals surface area contributed by atoms with E-state index in [1.807, 2.05) is 0 Å². The highest BCUT2D eigenvalue weighted by molar-refractivity contribution is 7.13. The number of aromatic nitrogens is 1. The van der Waals surface area contributed by atoms with Crippen molar-refractivity contribution < 1.29 is 9.59 Å². The van der Waals surface area contributed by atoms with E-state index in [1.165, 1.54) is 11.3 Å². The van der Waals surface area contributed by atoms with E-state index in [0.717, 1.165) is 5.69 Å². The van der Waals surface area contributed by atoms with Crippen molar-refractivity contribution in [2.24, 2.45) is 0 Å². The third kappa shape index (κ3) is 2.79. The predicted molar refractivity (Wildman–Crippen MR) is 81.7 cm³/mol. The van der Waals surface area contributed by atoms with E-state index >= 15 is 0 Å². The Labute approximate surface area is 124 Å². The summed E-state index contributed by atoms with van der Waals surface area (Å²) in [7, 11) is 0. The zero-order chi connectivity index (χ0) is 14.8. The molecule has 1 aliphatic rings. The van der Waals surface area contributed by atoms with Crippen LogP contribution in [0.2, 0.25) is 0 Å². The number of nitrogens with zero attached hydrogens (tertiary/aromatic N) is 2. The van der Waals surface area contributed by atoms with Crippen LogP contribution in [0, 0.1) is 0 Å². The molecule has 0 aliphatic carbocycles. The van der Waals surface area contributed by atoms with Gasteiger partial charge in [0.2, 0.25) is 0 Å². The summed E-state index contributed by atoms with van der Waals surface area (Å²) < 4.78 is 0. The summed E-state index contributed by atoms with van der Waals surface area (Å²) in [6.45, 7) is 1.28. The normalized spacial score (nSPS) is 14.1. The van der Waals surface area contributed by atoms with Gasteiger partial charge in [0.1, 0.15) is 5.69 Å². The molecule has 2 heterocycles. The molecule has 3 rings (SSSR count). The summed E-state index contributed by atoms with van der Waals surface area (Å²) in [6, 6.07) is 6.96. The quantitative estimate of drug-likeness (QED) is 0.800. The van der Waals surface area contributed by atoms with Gasteiger partial charge in [-0.2, -0.15) is 0 Å². The van der Waals surface area contributed by atoms with Crippen LogP contribution in [-0.2, 0) is 0 Å². The largest absolute Gasteiger partial charge is 0.375 e. The first-order chi connectivity index (χ1) is 10.1. The molecule has 3 amide bonds. The van der Waals surface area contributed by atoms with Gasteiger partial charge in [-0.15, -0.1) is 11.3 Å². The molecule has 0 spiro atoms. The van der Waals surface area contributed by atoms with Crippen molar-refractivity contribution in [3.63, 3.8) is 0 Å². The monoisotopic (exact) mass is 303 g/mol. The SMILES string of the molecule is Nc1nc(C(=O)Nc2ccc(N3CCNC3=O)cc2)cs1. The first-order valence-electron chi connectivity index (χ1n) is 6.31. The van der Waals surface area contributed by atoms with E-state index in [-0.39, 0.29) is 11.9 Å². The van der Waals surface area contributed by atoms with Gasteiger partial charge in [-0.3, -0.25) is 9.69 Å². The lowest BCUT2D eigenvalue weighted by atomic mass is 10.2. The molecule has 21 heavy (non-hydrogen) atoms. The van der Waals surface area contributed by atoms with Gasteiger partial charge >= 0.3 is 6.03 Å². The lowest BCUT2D eigenvalue weighted by Gasteiger charge is -2.14. The summed E-state index contributed by atoms with van der Waals surface area (Å²) in [5.74, 6) is -0.311. The second-order valence-corrected chi connectivity index (χ2v) is 5.35. The second kappa shape index (κ2) is 5.41. The highest BCUT2D eigenvalue weighted by Gasteiger charge is 2.20. The Morgan fingerprint density at radius 3 is 2.71 bits per heavy atom. The van der Waals surface area contributed by atoms with Crippen molar-refractivity contribution in [2.45, 2.75) is 0 Å². The van der Waals surface area contributed by atoms with Crippen LogP contribution in [0.25, 0.3) is 0 Å². The number of carbonyl (C=O) groups is 2. The number of nitrogen functional groups attached to an aromatic ring is 1. The molecule has 0 bridgehead atoms. The Morgan fingerprint density at radius 1 is 1.38 bits per heavy atom. The summed E-state index contributed by atoms with van der Waals surface area (Å²) in [5.41, 5.74) is 7.22. The summed E-state index contributed by atoms with van der Waals surface area (Å²) >= 11 is 1.22. The Bertz CT molecular complexity index is 682. The average molecular weight is 303 g/mol. The zero-order valence-corrected chi connectivity index (χ0v) is 11.8. The maximum atomic E-state index is 11.9. The number of nitrogens with one attached hydrogen (secondary N) is 2. The number of rotatable bonds is 3. The lowest BCUT2D eigenvalue weighted by molar-refractivity contribution is 0.102. The van der Waals surface area contributed by atoms with Gasteiger partial charge in [-0.1, -0.05) is 0 Å². The van der Waals surface area contributed by atoms with Crippen LogP contribution in [0.5, 0.6) is 0 Å². The van der Waals surface area contributed by atoms with Crippen molar-refractivity contribution in [1.82, 2.24) is 10.3 Å². The second-order valence-electron chi connectivity index (χ2n) is 4.46. The Kier molecular flexibility index (Phi) is 3.44. The molecule has 1 saturated heterocycles. The summed E-state index contributed by atoms with van der Waals surface area (Å²) in [6.07, 6.45) is 0. The van der Waals surface area contributed by atoms with Gasteiger partial charge in [-0.25, -0.2) is 9.78 Å². The lowest BCUT2D eigenvalue weighted by Crippen LogP contribution is -2.27. The molecule has 7 nitrogen and oxygen atoms in total. The molecule has 0 radical (unpaired) electrons. The maximum absolute atomic E-state index is 11.9. The number of thiazole rings is 1. The highest BCUT2D eigenvalue weighted by atomic mass is 32.1. The van der Waals surface area contributed by atoms with Crippen LogP contribution in [0.15, 0.2) is 29.6 Å². The first-order valence-corrected chi connectivity index (χ1v) is 7.19. The molecule has 8 heteroatoms. The minimum Gasteiger partial charge on any atom is -0.375 e. The molecular formula is C13H13N5O2S. The van der Waals surface area contributed by atoms with Gasteiger partial charge in [0.15, 0.2) is 5.13 Å². The fraction of sp³-hybridized carbons (Fsp3) is 0.154. The molecule has 108 valence electrons. The molecule has 4 N–H and O–H groups in total. The van der Waals surface area contributed by atoms with Crippen molar-refractivity contribution in [2.75, 3.05) is 29.0 Å². The Hall–Kier alpha value is -2.61. The van der Waals surface area contributed by atoms with Crippen LogP contribution in [0.3, 0.4) is 0 Å². The first kappa shape index (κ1) is 13.4. The van der Waals surface area contributed by atoms with E-state index in [2.05, 4.69) is 15.6 Å². The number of urea groups is 1. The molecule has 0 saturated carbocycles. The van der Waals surface area contributed by atoms with E-state index in [4.69, 9.17) is 5.73 Å². The molecule has 1 aliphatic heterocycles. The molecular weight excluding hydrogens is 290 g/mol. The minimum atomic E-state index is -0.311. The minimum absolute atomic E-state index is 0.107. The van der Waals surface area contributed by atoms with E-state index < -0.39 is 0 Å². The van der Waals surface area contributed by atoms with Crippen molar-refractivity contribution in [1.29, 1.82) is 0 Å². The molecule has 1 aromatic carbocycles. The molecule has 0 unspecified atom stereocenters. The Balaban J connectivity index is 1.69. The maximum Gasteiger partial charge on any atom is 0.321 e. The smallest absolute Gasteiger partial charge is 0.321 e. The topological polar surface area (TPSA) is 100 Å². The fourth-order valence-corrected chi connectivity index (χ4v) is 2.57. The van der Waals surface area contributed by atoms with Gasteiger partial charge in [0.25, 0.3) is 5.91 Å². The van der Waals surface area contributed by atoms with Gasteiger partial charge in [-0.05, 0) is 24.3 Å². The van der Waals surface area contributed by atoms with Crippen LogP contribution in [0.4, 0.5) is 21.3 Å². The number of nitrogens with two attached hydrogens (primary N) is 1. The van der Waals surface area contributed by atoms with Crippen LogP contribution in [0.1, 0.15) is 10.5 Å². The number of hydrogen-bond acceptors (Lipinski definition) is 5. The van der Waals surface area contributed by atoms with E-state index in [9.17, 15) is 9.59 Å². The van der Waals surface area contributed by atoms with E-state index in [1.54, 1.807) is 34.5 Å². The van der Waals surface area contributed by atoms with Crippen LogP contribution >= 0.6 is 11.3 Å². The van der Waals surface area contributed by atoms with Crippen molar-refractivity contribution >= 4 is 39.8 Å². The number of anilines is 3. The number of benzene rings is 1. The standard InChI is InChI=1S/C13H13N5O2S/c14-12-17-10(7-21-12)11(19)16-8-1-3-9(4-2-8)18-6-5-15-13(18)20/h1-4,7H,5-6H2,(H2,14,17)(H,15,20)(H,16,19). The van der Waals surface area contributed by atoms with Crippen LogP contribution in [-0.4, -0.2) is 30.0 Å². The average Bonchev–Trinajstić information content (AvgIpc) is 3.08. The number of hydrogen-bond donors (Lipinski definition) is 3. The van der Waals surface area contributed by atoms with Crippen LogP contribution < -0.4 is 21.3 Å². The third-order valence-corrected chi connectivity index (χ3v) is 3.72. The summed E-state index contributed by atoms with van der Waals surface area (Å²) in [4.78, 5) is 29.0. The van der Waals surface area contributed by atoms with Gasteiger partial charge < -0.3 is 16.4 Å². The van der Waals surface area contributed by atoms with Crippen molar-refractivity contribution in [3.8, 4) is 0 Å². The number of carbonyl (C=O) groups excluding carboxylic acids is 2. The van der Waals surface area contributed by atoms with Gasteiger partial charge in [0.05, 0.1) is 0 Å². The Morgan fingerprint density at radius 2 is 2.14 bits per heavy atom. The fourth-order valence-electron chi connectivity index (χ4n) is 2.03. The van der Waals surface area contributed by atoms with Crippen molar-refractivity contribution in [3.05, 3.63) is 35.3 Å².